The number of aryl methyl sites for hydroxylation is 2. The van der Waals surface area contributed by atoms with Gasteiger partial charge >= 0.3 is 6.03 Å². The van der Waals surface area contributed by atoms with Crippen molar-refractivity contribution in [2.24, 2.45) is 0 Å². The molecule has 0 heterocycles. The minimum Gasteiger partial charge on any atom is -0.308 e. The average molecular weight is 354 g/mol. The van der Waals surface area contributed by atoms with Crippen molar-refractivity contribution >= 4 is 44.9 Å². The molecule has 104 valence electrons. The van der Waals surface area contributed by atoms with Crippen molar-refractivity contribution in [2.45, 2.75) is 13.8 Å². The van der Waals surface area contributed by atoms with Crippen LogP contribution in [0.15, 0.2) is 40.9 Å². The Labute approximate surface area is 131 Å². The van der Waals surface area contributed by atoms with Crippen molar-refractivity contribution in [1.29, 1.82) is 0 Å². The van der Waals surface area contributed by atoms with Gasteiger partial charge in [0.05, 0.1) is 10.7 Å². The third-order valence-corrected chi connectivity index (χ3v) is 3.54. The maximum Gasteiger partial charge on any atom is 0.323 e. The summed E-state index contributed by atoms with van der Waals surface area (Å²) in [6.45, 7) is 3.87. The Morgan fingerprint density at radius 1 is 1.15 bits per heavy atom. The van der Waals surface area contributed by atoms with Gasteiger partial charge in [-0.15, -0.1) is 0 Å². The highest BCUT2D eigenvalue weighted by Crippen LogP contribution is 2.27. The van der Waals surface area contributed by atoms with Crippen molar-refractivity contribution in [1.82, 2.24) is 0 Å². The fraction of sp³-hybridized carbons (Fsp3) is 0.133. The molecule has 2 amide bonds. The highest BCUT2D eigenvalue weighted by atomic mass is 79.9. The summed E-state index contributed by atoms with van der Waals surface area (Å²) in [6.07, 6.45) is 0. The number of carbonyl (C=O) groups is 1. The van der Waals surface area contributed by atoms with Gasteiger partial charge in [-0.1, -0.05) is 39.7 Å². The summed E-state index contributed by atoms with van der Waals surface area (Å²) < 4.78 is 0.903. The second-order valence-electron chi connectivity index (χ2n) is 4.53. The lowest BCUT2D eigenvalue weighted by atomic mass is 10.1. The maximum atomic E-state index is 12.0. The number of benzene rings is 2. The molecule has 0 fully saturated rings. The molecule has 2 N–H and O–H groups in total. The number of rotatable bonds is 2. The van der Waals surface area contributed by atoms with Gasteiger partial charge in [0.25, 0.3) is 0 Å². The molecule has 20 heavy (non-hydrogen) atoms. The lowest BCUT2D eigenvalue weighted by molar-refractivity contribution is 0.262. The predicted octanol–water partition coefficient (Wildman–Crippen LogP) is 5.36. The monoisotopic (exact) mass is 352 g/mol. The minimum atomic E-state index is -0.322. The van der Waals surface area contributed by atoms with Gasteiger partial charge in [-0.25, -0.2) is 4.79 Å². The topological polar surface area (TPSA) is 41.1 Å². The lowest BCUT2D eigenvalue weighted by Gasteiger charge is -2.12. The van der Waals surface area contributed by atoms with E-state index in [1.807, 2.05) is 50.2 Å². The fourth-order valence-electron chi connectivity index (χ4n) is 1.92. The zero-order valence-electron chi connectivity index (χ0n) is 11.1. The molecule has 3 nitrogen and oxygen atoms in total. The standard InChI is InChI=1S/C15H14BrClN2O/c1-9-6-10(2)14(13(17)7-9)19-15(20)18-12-5-3-4-11(16)8-12/h3-8H,1-2H3,(H2,18,19,20). The maximum absolute atomic E-state index is 12.0. The predicted molar refractivity (Wildman–Crippen MR) is 87.7 cm³/mol. The molecular formula is C15H14BrClN2O. The summed E-state index contributed by atoms with van der Waals surface area (Å²) in [5, 5.41) is 6.07. The van der Waals surface area contributed by atoms with E-state index >= 15 is 0 Å². The number of hydrogen-bond acceptors (Lipinski definition) is 1. The van der Waals surface area contributed by atoms with E-state index in [4.69, 9.17) is 11.6 Å². The van der Waals surface area contributed by atoms with Crippen LogP contribution in [0.2, 0.25) is 5.02 Å². The van der Waals surface area contributed by atoms with Crippen LogP contribution in [0.4, 0.5) is 16.2 Å². The van der Waals surface area contributed by atoms with Crippen molar-refractivity contribution in [3.63, 3.8) is 0 Å². The molecule has 0 atom stereocenters. The molecule has 2 aromatic carbocycles. The second kappa shape index (κ2) is 6.29. The van der Waals surface area contributed by atoms with Crippen molar-refractivity contribution in [3.05, 3.63) is 57.0 Å². The molecule has 0 aromatic heterocycles. The van der Waals surface area contributed by atoms with Crippen LogP contribution in [0, 0.1) is 13.8 Å². The first-order chi connectivity index (χ1) is 9.45. The molecule has 0 aliphatic rings. The molecule has 2 rings (SSSR count). The Morgan fingerprint density at radius 2 is 1.90 bits per heavy atom. The van der Waals surface area contributed by atoms with Gasteiger partial charge in [-0.2, -0.15) is 0 Å². The number of nitrogens with one attached hydrogen (secondary N) is 2. The van der Waals surface area contributed by atoms with Gasteiger partial charge in [0.15, 0.2) is 0 Å². The SMILES string of the molecule is Cc1cc(C)c(NC(=O)Nc2cccc(Br)c2)c(Cl)c1. The van der Waals surface area contributed by atoms with E-state index in [9.17, 15) is 4.79 Å². The summed E-state index contributed by atoms with van der Waals surface area (Å²) in [4.78, 5) is 12.0. The molecule has 0 aliphatic carbocycles. The molecule has 5 heteroatoms. The van der Waals surface area contributed by atoms with E-state index in [2.05, 4.69) is 26.6 Å². The third kappa shape index (κ3) is 3.74. The smallest absolute Gasteiger partial charge is 0.308 e. The van der Waals surface area contributed by atoms with Crippen molar-refractivity contribution < 1.29 is 4.79 Å². The largest absolute Gasteiger partial charge is 0.323 e. The van der Waals surface area contributed by atoms with Gasteiger partial charge in [0.2, 0.25) is 0 Å². The summed E-state index contributed by atoms with van der Waals surface area (Å²) >= 11 is 9.51. The molecule has 0 unspecified atom stereocenters. The first-order valence-electron chi connectivity index (χ1n) is 6.06. The van der Waals surface area contributed by atoms with Gasteiger partial charge in [-0.3, -0.25) is 0 Å². The van der Waals surface area contributed by atoms with Gasteiger partial charge in [-0.05, 0) is 49.2 Å². The average Bonchev–Trinajstić information content (AvgIpc) is 2.33. The molecule has 0 spiro atoms. The zero-order valence-corrected chi connectivity index (χ0v) is 13.5. The highest BCUT2D eigenvalue weighted by molar-refractivity contribution is 9.10. The van der Waals surface area contributed by atoms with Crippen LogP contribution in [0.3, 0.4) is 0 Å². The quantitative estimate of drug-likeness (QED) is 0.749. The first-order valence-corrected chi connectivity index (χ1v) is 7.23. The van der Waals surface area contributed by atoms with Gasteiger partial charge in [0, 0.05) is 10.2 Å². The highest BCUT2D eigenvalue weighted by Gasteiger charge is 2.09. The summed E-state index contributed by atoms with van der Waals surface area (Å²) in [7, 11) is 0. The van der Waals surface area contributed by atoms with Crippen LogP contribution in [0.5, 0.6) is 0 Å². The van der Waals surface area contributed by atoms with Crippen LogP contribution < -0.4 is 10.6 Å². The van der Waals surface area contributed by atoms with E-state index in [1.165, 1.54) is 0 Å². The molecule has 0 aliphatic heterocycles. The van der Waals surface area contributed by atoms with Crippen LogP contribution in [0.25, 0.3) is 0 Å². The van der Waals surface area contributed by atoms with Gasteiger partial charge in [0.1, 0.15) is 0 Å². The number of urea groups is 1. The summed E-state index contributed by atoms with van der Waals surface area (Å²) in [5.41, 5.74) is 3.33. The zero-order chi connectivity index (χ0) is 14.7. The van der Waals surface area contributed by atoms with Crippen LogP contribution >= 0.6 is 27.5 Å². The Morgan fingerprint density at radius 3 is 2.55 bits per heavy atom. The number of anilines is 2. The van der Waals surface area contributed by atoms with E-state index in [1.54, 1.807) is 0 Å². The van der Waals surface area contributed by atoms with Crippen LogP contribution in [-0.4, -0.2) is 6.03 Å². The Balaban J connectivity index is 2.13. The summed E-state index contributed by atoms with van der Waals surface area (Å²) in [5.74, 6) is 0. The Hall–Kier alpha value is -1.52. The third-order valence-electron chi connectivity index (χ3n) is 2.75. The van der Waals surface area contributed by atoms with Crippen molar-refractivity contribution in [2.75, 3.05) is 10.6 Å². The number of amides is 2. The van der Waals surface area contributed by atoms with Crippen LogP contribution in [0.1, 0.15) is 11.1 Å². The fourth-order valence-corrected chi connectivity index (χ4v) is 2.68. The minimum absolute atomic E-state index is 0.322. The number of halogens is 2. The molecule has 0 saturated heterocycles. The van der Waals surface area contributed by atoms with E-state index in [0.29, 0.717) is 16.4 Å². The molecule has 0 bridgehead atoms. The summed E-state index contributed by atoms with van der Waals surface area (Å²) in [6, 6.07) is 10.9. The molecular weight excluding hydrogens is 340 g/mol. The Bertz CT molecular complexity index is 635. The normalized spacial score (nSPS) is 10.2. The molecule has 0 saturated carbocycles. The van der Waals surface area contributed by atoms with E-state index < -0.39 is 0 Å². The second-order valence-corrected chi connectivity index (χ2v) is 5.85. The number of carbonyl (C=O) groups excluding carboxylic acids is 1. The van der Waals surface area contributed by atoms with Gasteiger partial charge < -0.3 is 10.6 Å². The van der Waals surface area contributed by atoms with E-state index in [0.717, 1.165) is 15.6 Å². The molecule has 0 radical (unpaired) electrons. The van der Waals surface area contributed by atoms with Crippen molar-refractivity contribution in [3.8, 4) is 0 Å². The lowest BCUT2D eigenvalue weighted by Crippen LogP contribution is -2.20. The first kappa shape index (κ1) is 14.9. The Kier molecular flexibility index (Phi) is 4.68. The van der Waals surface area contributed by atoms with E-state index in [-0.39, 0.29) is 6.03 Å². The number of hydrogen-bond donors (Lipinski definition) is 2. The van der Waals surface area contributed by atoms with Crippen LogP contribution in [-0.2, 0) is 0 Å². The molecule has 2 aromatic rings.